The van der Waals surface area contributed by atoms with Crippen molar-refractivity contribution in [1.82, 2.24) is 0 Å². The summed E-state index contributed by atoms with van der Waals surface area (Å²) in [4.78, 5) is 0. The van der Waals surface area contributed by atoms with Crippen LogP contribution < -0.4 is 5.30 Å². The van der Waals surface area contributed by atoms with Gasteiger partial charge in [0.15, 0.2) is 0 Å². The van der Waals surface area contributed by atoms with Crippen LogP contribution in [-0.4, -0.2) is 12.8 Å². The zero-order valence-electron chi connectivity index (χ0n) is 9.69. The lowest BCUT2D eigenvalue weighted by molar-refractivity contribution is 0.320. The molecule has 0 radical (unpaired) electrons. The average molecular weight is 226 g/mol. The van der Waals surface area contributed by atoms with Crippen LogP contribution in [0.5, 0.6) is 0 Å². The first-order valence-corrected chi connectivity index (χ1v) is 7.25. The maximum absolute atomic E-state index is 12.5. The molecule has 0 aromatic heterocycles. The third-order valence-corrected chi connectivity index (χ3v) is 5.07. The fourth-order valence-corrected chi connectivity index (χ4v) is 3.58. The van der Waals surface area contributed by atoms with Crippen molar-refractivity contribution < 1.29 is 9.09 Å². The number of hydrogen-bond donors (Lipinski definition) is 0. The van der Waals surface area contributed by atoms with Crippen molar-refractivity contribution >= 4 is 12.7 Å². The summed E-state index contributed by atoms with van der Waals surface area (Å²) in [6, 6.07) is 7.76. The Morgan fingerprint density at radius 3 is 2.47 bits per heavy atom. The van der Waals surface area contributed by atoms with E-state index in [0.29, 0.717) is 12.8 Å². The molecule has 2 nitrogen and oxygen atoms in total. The Morgan fingerprint density at radius 1 is 1.27 bits per heavy atom. The molecule has 0 N–H and O–H groups in total. The van der Waals surface area contributed by atoms with E-state index in [1.54, 1.807) is 0 Å². The summed E-state index contributed by atoms with van der Waals surface area (Å²) < 4.78 is 18.1. The van der Waals surface area contributed by atoms with Gasteiger partial charge in [0.2, 0.25) is 7.37 Å². The molecular weight excluding hydrogens is 207 g/mol. The van der Waals surface area contributed by atoms with E-state index in [2.05, 4.69) is 0 Å². The quantitative estimate of drug-likeness (QED) is 0.720. The molecule has 0 saturated carbocycles. The largest absolute Gasteiger partial charge is 0.325 e. The lowest BCUT2D eigenvalue weighted by Crippen LogP contribution is -2.13. The number of benzene rings is 1. The Morgan fingerprint density at radius 2 is 1.93 bits per heavy atom. The molecule has 0 aliphatic rings. The van der Waals surface area contributed by atoms with E-state index in [0.717, 1.165) is 17.3 Å². The minimum atomic E-state index is -2.61. The Hall–Kier alpha value is -0.590. The second-order valence-corrected chi connectivity index (χ2v) is 6.33. The second-order valence-electron chi connectivity index (χ2n) is 3.61. The summed E-state index contributed by atoms with van der Waals surface area (Å²) in [5.41, 5.74) is 1.05. The molecule has 0 bridgehead atoms. The van der Waals surface area contributed by atoms with Gasteiger partial charge in [-0.2, -0.15) is 0 Å². The lowest BCUT2D eigenvalue weighted by Gasteiger charge is -2.18. The molecule has 0 saturated heterocycles. The highest BCUT2D eigenvalue weighted by atomic mass is 31.2. The normalized spacial score (nSPS) is 14.9. The van der Waals surface area contributed by atoms with Crippen molar-refractivity contribution in [3.8, 4) is 0 Å². The molecular formula is C12H19O2P. The van der Waals surface area contributed by atoms with E-state index >= 15 is 0 Å². The van der Waals surface area contributed by atoms with Crippen molar-refractivity contribution in [2.45, 2.75) is 27.2 Å². The zero-order chi connectivity index (χ0) is 11.3. The Balaban J connectivity index is 3.01. The minimum Gasteiger partial charge on any atom is -0.325 e. The van der Waals surface area contributed by atoms with Crippen LogP contribution in [-0.2, 0) is 9.09 Å². The van der Waals surface area contributed by atoms with E-state index < -0.39 is 7.37 Å². The van der Waals surface area contributed by atoms with Gasteiger partial charge >= 0.3 is 0 Å². The van der Waals surface area contributed by atoms with E-state index in [1.807, 2.05) is 45.0 Å². The van der Waals surface area contributed by atoms with Gasteiger partial charge in [-0.25, -0.2) is 0 Å². The Bertz CT molecular complexity index is 360. The van der Waals surface area contributed by atoms with Crippen molar-refractivity contribution in [1.29, 1.82) is 0 Å². The zero-order valence-corrected chi connectivity index (χ0v) is 10.6. The van der Waals surface area contributed by atoms with Gasteiger partial charge in [-0.3, -0.25) is 4.57 Å². The van der Waals surface area contributed by atoms with Crippen LogP contribution in [0.4, 0.5) is 0 Å². The predicted octanol–water partition coefficient (Wildman–Crippen LogP) is 3.34. The van der Waals surface area contributed by atoms with Gasteiger partial charge in [0.05, 0.1) is 6.61 Å². The number of hydrogen-bond acceptors (Lipinski definition) is 2. The molecule has 0 aliphatic heterocycles. The maximum atomic E-state index is 12.5. The van der Waals surface area contributed by atoms with Gasteiger partial charge in [0, 0.05) is 11.5 Å². The smallest absolute Gasteiger partial charge is 0.232 e. The van der Waals surface area contributed by atoms with E-state index in [-0.39, 0.29) is 0 Å². The van der Waals surface area contributed by atoms with Gasteiger partial charge < -0.3 is 4.52 Å². The molecule has 0 fully saturated rings. The summed E-state index contributed by atoms with van der Waals surface area (Å²) in [6.07, 6.45) is 1.47. The molecule has 0 aliphatic carbocycles. The van der Waals surface area contributed by atoms with Crippen LogP contribution in [0.1, 0.15) is 25.8 Å². The summed E-state index contributed by atoms with van der Waals surface area (Å²) >= 11 is 0. The predicted molar refractivity (Wildman–Crippen MR) is 65.2 cm³/mol. The fourth-order valence-electron chi connectivity index (χ4n) is 1.52. The average Bonchev–Trinajstić information content (AvgIpc) is 2.26. The highest BCUT2D eigenvalue weighted by molar-refractivity contribution is 7.67. The van der Waals surface area contributed by atoms with Crippen LogP contribution in [0.3, 0.4) is 0 Å². The summed E-state index contributed by atoms with van der Waals surface area (Å²) in [5, 5.41) is 0.876. The van der Waals surface area contributed by atoms with Crippen LogP contribution >= 0.6 is 7.37 Å². The highest BCUT2D eigenvalue weighted by Gasteiger charge is 2.24. The molecule has 1 atom stereocenters. The molecule has 0 heterocycles. The van der Waals surface area contributed by atoms with Gasteiger partial charge in [-0.05, 0) is 25.0 Å². The van der Waals surface area contributed by atoms with Crippen molar-refractivity contribution in [3.63, 3.8) is 0 Å². The SMILES string of the molecule is CCCOP(=O)(CC)c1ccccc1C. The maximum Gasteiger partial charge on any atom is 0.232 e. The van der Waals surface area contributed by atoms with Crippen LogP contribution in [0.15, 0.2) is 24.3 Å². The highest BCUT2D eigenvalue weighted by Crippen LogP contribution is 2.46. The molecule has 15 heavy (non-hydrogen) atoms. The molecule has 1 aromatic rings. The number of aryl methyl sites for hydroxylation is 1. The van der Waals surface area contributed by atoms with Crippen molar-refractivity contribution in [2.24, 2.45) is 0 Å². The molecule has 1 rings (SSSR count). The third kappa shape index (κ3) is 2.93. The molecule has 0 amide bonds. The Kier molecular flexibility index (Phi) is 4.56. The van der Waals surface area contributed by atoms with Crippen LogP contribution in [0.2, 0.25) is 0 Å². The first-order valence-electron chi connectivity index (χ1n) is 5.44. The van der Waals surface area contributed by atoms with Crippen LogP contribution in [0, 0.1) is 6.92 Å². The summed E-state index contributed by atoms with van der Waals surface area (Å²) in [7, 11) is -2.61. The third-order valence-electron chi connectivity index (χ3n) is 2.40. The standard InChI is InChI=1S/C12H19O2P/c1-4-10-14-15(13,5-2)12-9-7-6-8-11(12)3/h6-9H,4-5,10H2,1-3H3. The minimum absolute atomic E-state index is 0.567. The topological polar surface area (TPSA) is 26.3 Å². The summed E-state index contributed by atoms with van der Waals surface area (Å²) in [5.74, 6) is 0. The van der Waals surface area contributed by atoms with Crippen molar-refractivity contribution in [3.05, 3.63) is 29.8 Å². The second kappa shape index (κ2) is 5.48. The first kappa shape index (κ1) is 12.5. The van der Waals surface area contributed by atoms with Gasteiger partial charge in [0.25, 0.3) is 0 Å². The lowest BCUT2D eigenvalue weighted by atomic mass is 10.2. The van der Waals surface area contributed by atoms with Gasteiger partial charge in [0.1, 0.15) is 0 Å². The van der Waals surface area contributed by atoms with E-state index in [4.69, 9.17) is 4.52 Å². The van der Waals surface area contributed by atoms with Gasteiger partial charge in [-0.1, -0.05) is 32.0 Å². The molecule has 3 heteroatoms. The molecule has 84 valence electrons. The molecule has 0 spiro atoms. The Labute approximate surface area is 92.1 Å². The molecule has 1 aromatic carbocycles. The van der Waals surface area contributed by atoms with Gasteiger partial charge in [-0.15, -0.1) is 0 Å². The number of rotatable bonds is 5. The van der Waals surface area contributed by atoms with E-state index in [9.17, 15) is 4.57 Å². The van der Waals surface area contributed by atoms with E-state index in [1.165, 1.54) is 0 Å². The summed E-state index contributed by atoms with van der Waals surface area (Å²) in [6.45, 7) is 6.49. The van der Waals surface area contributed by atoms with Crippen LogP contribution in [0.25, 0.3) is 0 Å². The monoisotopic (exact) mass is 226 g/mol. The van der Waals surface area contributed by atoms with Crippen molar-refractivity contribution in [2.75, 3.05) is 12.8 Å². The first-order chi connectivity index (χ1) is 7.14. The fraction of sp³-hybridized carbons (Fsp3) is 0.500. The molecule has 1 unspecified atom stereocenters.